The number of rotatable bonds is 0. The van der Waals surface area contributed by atoms with Crippen LogP contribution in [0, 0.1) is 0 Å². The molecule has 1 N–H and O–H groups in total. The highest BCUT2D eigenvalue weighted by Crippen LogP contribution is 2.56. The number of fused-ring (bicyclic) bond motifs is 6. The van der Waals surface area contributed by atoms with E-state index in [0.29, 0.717) is 32.9 Å². The molecule has 1 atom stereocenters. The van der Waals surface area contributed by atoms with Crippen LogP contribution in [-0.4, -0.2) is 9.97 Å². The van der Waals surface area contributed by atoms with Gasteiger partial charge in [-0.15, -0.1) is 0 Å². The average Bonchev–Trinajstić information content (AvgIpc) is 2.68. The smallest absolute Gasteiger partial charge is 0.351 e. The summed E-state index contributed by atoms with van der Waals surface area (Å²) < 4.78 is 17.3. The summed E-state index contributed by atoms with van der Waals surface area (Å²) in [5, 5.41) is 1.20. The van der Waals surface area contributed by atoms with E-state index in [1.807, 2.05) is 0 Å². The fourth-order valence-electron chi connectivity index (χ4n) is 3.91. The topological polar surface area (TPSA) is 94.4 Å². The third-order valence-corrected chi connectivity index (χ3v) is 5.52. The molecule has 0 amide bonds. The number of aromatic nitrogens is 2. The van der Waals surface area contributed by atoms with Crippen LogP contribution in [0.15, 0.2) is 50.4 Å². The molecule has 29 heavy (non-hydrogen) atoms. The Morgan fingerprint density at radius 3 is 2.69 bits per heavy atom. The summed E-state index contributed by atoms with van der Waals surface area (Å²) in [6.07, 6.45) is 0. The first-order chi connectivity index (χ1) is 14.0. The van der Waals surface area contributed by atoms with E-state index in [-0.39, 0.29) is 28.1 Å². The second kappa shape index (κ2) is 5.62. The normalized spacial score (nSPS) is 15.7. The van der Waals surface area contributed by atoms with Crippen LogP contribution in [0.5, 0.6) is 23.3 Å². The standard InChI is InChI=1S/C20H8Cl2N2O5/c21-7-5-9-12-13-16(8-3-1-2-4-11(8)27-19(13)25)29-18-14(12)17(23-20(26)24-18)28-15(9)10(22)6-7/h1-6,12H,(H,23,24,26). The van der Waals surface area contributed by atoms with E-state index in [1.165, 1.54) is 6.07 Å². The van der Waals surface area contributed by atoms with Gasteiger partial charge in [-0.3, -0.25) is 4.98 Å². The minimum absolute atomic E-state index is 0.0173. The van der Waals surface area contributed by atoms with Crippen molar-refractivity contribution in [1.29, 1.82) is 0 Å². The Morgan fingerprint density at radius 2 is 1.83 bits per heavy atom. The summed E-state index contributed by atoms with van der Waals surface area (Å²) in [6.45, 7) is 0. The van der Waals surface area contributed by atoms with Gasteiger partial charge in [-0.25, -0.2) is 9.59 Å². The first kappa shape index (κ1) is 16.6. The number of aromatic amines is 1. The molecule has 4 heterocycles. The van der Waals surface area contributed by atoms with E-state index in [0.717, 1.165) is 0 Å². The molecule has 1 unspecified atom stereocenters. The zero-order valence-corrected chi connectivity index (χ0v) is 15.8. The van der Waals surface area contributed by atoms with Gasteiger partial charge in [-0.2, -0.15) is 4.98 Å². The zero-order chi connectivity index (χ0) is 19.9. The minimum Gasteiger partial charge on any atom is -0.439 e. The first-order valence-corrected chi connectivity index (χ1v) is 9.31. The van der Waals surface area contributed by atoms with Gasteiger partial charge >= 0.3 is 11.3 Å². The highest BCUT2D eigenvalue weighted by molar-refractivity contribution is 6.35. The molecule has 4 aromatic rings. The molecule has 2 aliphatic heterocycles. The Hall–Kier alpha value is -3.29. The van der Waals surface area contributed by atoms with Crippen LogP contribution in [0.25, 0.3) is 11.0 Å². The number of ether oxygens (including phenoxy) is 2. The number of nitrogens with zero attached hydrogens (tertiary/aromatic N) is 1. The second-order valence-corrected chi connectivity index (χ2v) is 7.51. The third kappa shape index (κ3) is 2.22. The van der Waals surface area contributed by atoms with Crippen molar-refractivity contribution in [2.45, 2.75) is 5.92 Å². The SMILES string of the molecule is O=c1nc2c3c([nH]1)Oc1c(c(=O)oc4ccccc14)C3c1cc(Cl)cc(Cl)c1O2. The van der Waals surface area contributed by atoms with Crippen molar-refractivity contribution >= 4 is 34.2 Å². The molecular weight excluding hydrogens is 419 g/mol. The summed E-state index contributed by atoms with van der Waals surface area (Å²) in [4.78, 5) is 31.6. The van der Waals surface area contributed by atoms with Crippen LogP contribution >= 0.6 is 23.2 Å². The molecule has 0 aliphatic carbocycles. The summed E-state index contributed by atoms with van der Waals surface area (Å²) in [5.41, 5.74) is 0.363. The monoisotopic (exact) mass is 426 g/mol. The average molecular weight is 427 g/mol. The fraction of sp³-hybridized carbons (Fsp3) is 0.0500. The molecule has 2 aromatic heterocycles. The van der Waals surface area contributed by atoms with E-state index in [4.69, 9.17) is 37.1 Å². The van der Waals surface area contributed by atoms with Gasteiger partial charge in [0.05, 0.1) is 27.5 Å². The van der Waals surface area contributed by atoms with Crippen molar-refractivity contribution in [1.82, 2.24) is 9.97 Å². The Kier molecular flexibility index (Phi) is 3.23. The van der Waals surface area contributed by atoms with Crippen molar-refractivity contribution < 1.29 is 13.9 Å². The summed E-state index contributed by atoms with van der Waals surface area (Å²) >= 11 is 12.6. The molecule has 0 radical (unpaired) electrons. The molecule has 142 valence electrons. The lowest BCUT2D eigenvalue weighted by Crippen LogP contribution is -2.27. The van der Waals surface area contributed by atoms with E-state index >= 15 is 0 Å². The highest BCUT2D eigenvalue weighted by Gasteiger charge is 2.42. The maximum atomic E-state index is 13.0. The van der Waals surface area contributed by atoms with Crippen LogP contribution in [-0.2, 0) is 0 Å². The van der Waals surface area contributed by atoms with Crippen LogP contribution in [0.4, 0.5) is 0 Å². The molecule has 7 nitrogen and oxygen atoms in total. The maximum Gasteiger partial charge on any atom is 0.351 e. The van der Waals surface area contributed by atoms with Crippen LogP contribution in [0.2, 0.25) is 10.0 Å². The Morgan fingerprint density at radius 1 is 1.00 bits per heavy atom. The highest BCUT2D eigenvalue weighted by atomic mass is 35.5. The van der Waals surface area contributed by atoms with Gasteiger partial charge in [-0.1, -0.05) is 35.3 Å². The molecule has 0 bridgehead atoms. The van der Waals surface area contributed by atoms with Crippen LogP contribution < -0.4 is 20.8 Å². The van der Waals surface area contributed by atoms with Gasteiger partial charge in [0, 0.05) is 10.6 Å². The molecule has 2 aromatic carbocycles. The number of hydrogen-bond acceptors (Lipinski definition) is 6. The van der Waals surface area contributed by atoms with Crippen LogP contribution in [0.1, 0.15) is 22.6 Å². The number of hydrogen-bond donors (Lipinski definition) is 1. The minimum atomic E-state index is -0.686. The van der Waals surface area contributed by atoms with E-state index in [2.05, 4.69) is 9.97 Å². The number of benzene rings is 2. The van der Waals surface area contributed by atoms with E-state index < -0.39 is 17.2 Å². The summed E-state index contributed by atoms with van der Waals surface area (Å²) in [6, 6.07) is 10.2. The summed E-state index contributed by atoms with van der Waals surface area (Å²) in [5.74, 6) is 0.0525. The third-order valence-electron chi connectivity index (χ3n) is 5.03. The Balaban J connectivity index is 1.80. The van der Waals surface area contributed by atoms with Gasteiger partial charge in [-0.05, 0) is 24.3 Å². The molecule has 0 saturated heterocycles. The molecule has 0 spiro atoms. The molecule has 2 aliphatic rings. The number of para-hydroxylation sites is 1. The van der Waals surface area contributed by atoms with Crippen molar-refractivity contribution in [2.24, 2.45) is 0 Å². The first-order valence-electron chi connectivity index (χ1n) is 8.56. The lowest BCUT2D eigenvalue weighted by atomic mass is 9.82. The van der Waals surface area contributed by atoms with Crippen molar-refractivity contribution in [2.75, 3.05) is 0 Å². The Bertz CT molecular complexity index is 1490. The zero-order valence-electron chi connectivity index (χ0n) is 14.3. The maximum absolute atomic E-state index is 13.0. The van der Waals surface area contributed by atoms with Crippen LogP contribution in [0.3, 0.4) is 0 Å². The van der Waals surface area contributed by atoms with Gasteiger partial charge in [0.1, 0.15) is 5.58 Å². The van der Waals surface area contributed by atoms with E-state index in [1.54, 1.807) is 30.3 Å². The predicted molar refractivity (Wildman–Crippen MR) is 105 cm³/mol. The molecule has 0 fully saturated rings. The number of nitrogens with one attached hydrogen (secondary N) is 1. The largest absolute Gasteiger partial charge is 0.439 e. The van der Waals surface area contributed by atoms with Crippen molar-refractivity contribution in [3.05, 3.63) is 84.0 Å². The molecule has 0 saturated carbocycles. The summed E-state index contributed by atoms with van der Waals surface area (Å²) in [7, 11) is 0. The number of halogens is 2. The quantitative estimate of drug-likeness (QED) is 0.357. The molecule has 6 rings (SSSR count). The second-order valence-electron chi connectivity index (χ2n) is 6.66. The van der Waals surface area contributed by atoms with Gasteiger partial charge in [0.15, 0.2) is 11.5 Å². The number of H-pyrrole nitrogens is 1. The van der Waals surface area contributed by atoms with Gasteiger partial charge in [0.2, 0.25) is 11.8 Å². The van der Waals surface area contributed by atoms with E-state index in [9.17, 15) is 9.59 Å². The van der Waals surface area contributed by atoms with Crippen molar-refractivity contribution in [3.8, 4) is 23.3 Å². The van der Waals surface area contributed by atoms with Gasteiger partial charge in [0.25, 0.3) is 0 Å². The fourth-order valence-corrected chi connectivity index (χ4v) is 4.45. The van der Waals surface area contributed by atoms with Gasteiger partial charge < -0.3 is 13.9 Å². The Labute approximate surface area is 171 Å². The lowest BCUT2D eigenvalue weighted by Gasteiger charge is -2.32. The predicted octanol–water partition coefficient (Wildman–Crippen LogP) is 4.57. The molecule has 9 heteroatoms. The lowest BCUT2D eigenvalue weighted by molar-refractivity contribution is 0.377. The van der Waals surface area contributed by atoms with Crippen molar-refractivity contribution in [3.63, 3.8) is 0 Å². The molecular formula is C20H8Cl2N2O5.